The normalized spacial score (nSPS) is 18.2. The van der Waals surface area contributed by atoms with Crippen molar-refractivity contribution >= 4 is 28.8 Å². The van der Waals surface area contributed by atoms with Crippen LogP contribution in [0.15, 0.2) is 46.6 Å². The summed E-state index contributed by atoms with van der Waals surface area (Å²) in [6.45, 7) is 0.668. The standard InChI is InChI=1S/C23H22ClN3O3S/c24-15-5-1-4-14(12-15)19(28)21(30)27-10-2-6-16-17(13-27)25-22(26-20(16)29)23(8-9-23)18-7-3-11-31-18/h1,3-5,7,11-12,19,28H,2,6,8-10,13H2,(H,25,26,29)/t19-/m1/s1. The van der Waals surface area contributed by atoms with E-state index in [0.717, 1.165) is 12.8 Å². The van der Waals surface area contributed by atoms with E-state index in [1.165, 1.54) is 4.88 Å². The van der Waals surface area contributed by atoms with Crippen molar-refractivity contribution in [1.29, 1.82) is 0 Å². The molecule has 1 atom stereocenters. The molecule has 3 aromatic rings. The monoisotopic (exact) mass is 455 g/mol. The van der Waals surface area contributed by atoms with Crippen LogP contribution in [-0.4, -0.2) is 32.4 Å². The van der Waals surface area contributed by atoms with E-state index in [1.807, 2.05) is 11.4 Å². The molecule has 3 heterocycles. The Morgan fingerprint density at radius 3 is 2.84 bits per heavy atom. The second kappa shape index (κ2) is 7.89. The zero-order chi connectivity index (χ0) is 21.6. The van der Waals surface area contributed by atoms with Crippen LogP contribution in [0.5, 0.6) is 0 Å². The third-order valence-corrected chi connectivity index (χ3v) is 7.51. The van der Waals surface area contributed by atoms with Crippen molar-refractivity contribution in [3.8, 4) is 0 Å². The number of hydrogen-bond donors (Lipinski definition) is 2. The molecule has 0 unspecified atom stereocenters. The first-order chi connectivity index (χ1) is 15.0. The number of carbonyl (C=O) groups is 1. The van der Waals surface area contributed by atoms with Gasteiger partial charge in [-0.15, -0.1) is 11.3 Å². The number of amides is 1. The molecule has 1 aliphatic carbocycles. The third-order valence-electron chi connectivity index (χ3n) is 6.20. The zero-order valence-electron chi connectivity index (χ0n) is 16.8. The number of carbonyl (C=O) groups excluding carboxylic acids is 1. The molecule has 6 nitrogen and oxygen atoms in total. The molecule has 2 N–H and O–H groups in total. The average molecular weight is 456 g/mol. The number of halogens is 1. The number of benzene rings is 1. The fourth-order valence-corrected chi connectivity index (χ4v) is 5.51. The summed E-state index contributed by atoms with van der Waals surface area (Å²) in [6, 6.07) is 10.8. The quantitative estimate of drug-likeness (QED) is 0.629. The van der Waals surface area contributed by atoms with Crippen LogP contribution in [0.3, 0.4) is 0 Å². The Balaban J connectivity index is 1.46. The van der Waals surface area contributed by atoms with Gasteiger partial charge in [-0.05, 0) is 54.8 Å². The van der Waals surface area contributed by atoms with Gasteiger partial charge in [0.1, 0.15) is 5.82 Å². The highest BCUT2D eigenvalue weighted by Gasteiger charge is 2.49. The van der Waals surface area contributed by atoms with E-state index < -0.39 is 12.0 Å². The largest absolute Gasteiger partial charge is 0.378 e. The van der Waals surface area contributed by atoms with Gasteiger partial charge in [-0.2, -0.15) is 0 Å². The minimum absolute atomic E-state index is 0.118. The smallest absolute Gasteiger partial charge is 0.256 e. The van der Waals surface area contributed by atoms with Crippen LogP contribution in [0.4, 0.5) is 0 Å². The van der Waals surface area contributed by atoms with E-state index >= 15 is 0 Å². The highest BCUT2D eigenvalue weighted by atomic mass is 35.5. The van der Waals surface area contributed by atoms with Gasteiger partial charge in [-0.25, -0.2) is 4.98 Å². The molecular weight excluding hydrogens is 434 g/mol. The van der Waals surface area contributed by atoms with Crippen LogP contribution in [0.2, 0.25) is 5.02 Å². The Bertz CT molecular complexity index is 1190. The van der Waals surface area contributed by atoms with Crippen molar-refractivity contribution in [3.63, 3.8) is 0 Å². The molecule has 160 valence electrons. The fourth-order valence-electron chi connectivity index (χ4n) is 4.32. The van der Waals surface area contributed by atoms with E-state index in [-0.39, 0.29) is 17.5 Å². The van der Waals surface area contributed by atoms with Gasteiger partial charge in [0.25, 0.3) is 11.5 Å². The third kappa shape index (κ3) is 3.71. The first-order valence-corrected chi connectivity index (χ1v) is 11.6. The van der Waals surface area contributed by atoms with Gasteiger partial charge in [0.2, 0.25) is 0 Å². The SMILES string of the molecule is O=C([C@H](O)c1cccc(Cl)c1)N1CCCc2c(nc(C3(c4cccs4)CC3)[nH]c2=O)C1. The molecule has 1 fully saturated rings. The van der Waals surface area contributed by atoms with Crippen molar-refractivity contribution in [1.82, 2.24) is 14.9 Å². The molecule has 0 spiro atoms. The Hall–Kier alpha value is -2.48. The summed E-state index contributed by atoms with van der Waals surface area (Å²) in [6.07, 6.45) is 1.79. The van der Waals surface area contributed by atoms with Crippen LogP contribution in [0, 0.1) is 0 Å². The number of aliphatic hydroxyl groups is 1. The lowest BCUT2D eigenvalue weighted by molar-refractivity contribution is -0.141. The van der Waals surface area contributed by atoms with E-state index in [0.29, 0.717) is 47.1 Å². The van der Waals surface area contributed by atoms with Gasteiger partial charge in [0.05, 0.1) is 17.7 Å². The number of nitrogens with zero attached hydrogens (tertiary/aromatic N) is 2. The van der Waals surface area contributed by atoms with Crippen LogP contribution < -0.4 is 5.56 Å². The predicted molar refractivity (Wildman–Crippen MR) is 119 cm³/mol. The molecule has 0 saturated heterocycles. The van der Waals surface area contributed by atoms with Crippen molar-refractivity contribution in [3.05, 3.63) is 84.7 Å². The molecule has 5 rings (SSSR count). The summed E-state index contributed by atoms with van der Waals surface area (Å²) < 4.78 is 0. The summed E-state index contributed by atoms with van der Waals surface area (Å²) in [4.78, 5) is 36.6. The van der Waals surface area contributed by atoms with Gasteiger partial charge >= 0.3 is 0 Å². The Labute approximate surface area is 188 Å². The minimum atomic E-state index is -1.30. The average Bonchev–Trinajstić information content (AvgIpc) is 3.45. The number of fused-ring (bicyclic) bond motifs is 1. The number of thiophene rings is 1. The van der Waals surface area contributed by atoms with Gasteiger partial charge in [-0.3, -0.25) is 9.59 Å². The number of H-pyrrole nitrogens is 1. The van der Waals surface area contributed by atoms with Crippen LogP contribution in [-0.2, 0) is 23.2 Å². The second-order valence-corrected chi connectivity index (χ2v) is 9.60. The molecule has 8 heteroatoms. The maximum Gasteiger partial charge on any atom is 0.256 e. The van der Waals surface area contributed by atoms with Crippen molar-refractivity contribution in [2.24, 2.45) is 0 Å². The number of aliphatic hydroxyl groups excluding tert-OH is 1. The molecule has 1 aliphatic heterocycles. The molecule has 1 saturated carbocycles. The number of hydrogen-bond acceptors (Lipinski definition) is 5. The van der Waals surface area contributed by atoms with E-state index in [2.05, 4.69) is 11.1 Å². The first-order valence-electron chi connectivity index (χ1n) is 10.4. The highest BCUT2D eigenvalue weighted by molar-refractivity contribution is 7.10. The Morgan fingerprint density at radius 2 is 2.13 bits per heavy atom. The van der Waals surface area contributed by atoms with Gasteiger partial charge in [-0.1, -0.05) is 29.8 Å². The second-order valence-electron chi connectivity index (χ2n) is 8.22. The summed E-state index contributed by atoms with van der Waals surface area (Å²) in [5, 5.41) is 13.1. The molecule has 2 aliphatic rings. The van der Waals surface area contributed by atoms with E-state index in [1.54, 1.807) is 40.5 Å². The number of rotatable bonds is 4. The summed E-state index contributed by atoms with van der Waals surface area (Å²) in [5.74, 6) is 0.279. The topological polar surface area (TPSA) is 86.3 Å². The lowest BCUT2D eigenvalue weighted by atomic mass is 10.0. The van der Waals surface area contributed by atoms with Crippen LogP contribution in [0.25, 0.3) is 0 Å². The molecule has 1 aromatic carbocycles. The van der Waals surface area contributed by atoms with Crippen molar-refractivity contribution in [2.45, 2.75) is 43.7 Å². The molecular formula is C23H22ClN3O3S. The van der Waals surface area contributed by atoms with E-state index in [9.17, 15) is 14.7 Å². The Morgan fingerprint density at radius 1 is 1.29 bits per heavy atom. The van der Waals surface area contributed by atoms with E-state index in [4.69, 9.17) is 16.6 Å². The lowest BCUT2D eigenvalue weighted by Crippen LogP contribution is -2.35. The maximum absolute atomic E-state index is 13.1. The first kappa shape index (κ1) is 20.4. The maximum atomic E-state index is 13.1. The highest BCUT2D eigenvalue weighted by Crippen LogP contribution is 2.53. The van der Waals surface area contributed by atoms with Crippen LogP contribution >= 0.6 is 22.9 Å². The van der Waals surface area contributed by atoms with Crippen molar-refractivity contribution < 1.29 is 9.90 Å². The lowest BCUT2D eigenvalue weighted by Gasteiger charge is -2.24. The number of aromatic nitrogens is 2. The fraction of sp³-hybridized carbons (Fsp3) is 0.348. The summed E-state index contributed by atoms with van der Waals surface area (Å²) >= 11 is 7.69. The van der Waals surface area contributed by atoms with Gasteiger partial charge in [0, 0.05) is 22.0 Å². The summed E-state index contributed by atoms with van der Waals surface area (Å²) in [5.41, 5.74) is 1.39. The summed E-state index contributed by atoms with van der Waals surface area (Å²) in [7, 11) is 0. The zero-order valence-corrected chi connectivity index (χ0v) is 18.4. The van der Waals surface area contributed by atoms with Crippen LogP contribution in [0.1, 0.15) is 52.9 Å². The minimum Gasteiger partial charge on any atom is -0.378 e. The number of nitrogens with one attached hydrogen (secondary N) is 1. The van der Waals surface area contributed by atoms with Gasteiger partial charge < -0.3 is 15.0 Å². The molecule has 1 amide bonds. The van der Waals surface area contributed by atoms with Crippen molar-refractivity contribution in [2.75, 3.05) is 6.54 Å². The molecule has 31 heavy (non-hydrogen) atoms. The predicted octanol–water partition coefficient (Wildman–Crippen LogP) is 3.57. The molecule has 0 radical (unpaired) electrons. The number of aromatic amines is 1. The molecule has 2 aromatic heterocycles. The Kier molecular flexibility index (Phi) is 5.20. The molecule has 0 bridgehead atoms. The van der Waals surface area contributed by atoms with Gasteiger partial charge in [0.15, 0.2) is 6.10 Å².